The van der Waals surface area contributed by atoms with Gasteiger partial charge in [0.05, 0.1) is 11.1 Å². The van der Waals surface area contributed by atoms with Crippen LogP contribution < -0.4 is 5.43 Å². The number of aromatic nitrogens is 2. The van der Waals surface area contributed by atoms with E-state index in [-0.39, 0.29) is 5.43 Å². The number of hydrogen-bond donors (Lipinski definition) is 1. The number of H-pyrrole nitrogens is 1. The number of aryl methyl sites for hydroxylation is 2. The van der Waals surface area contributed by atoms with Gasteiger partial charge in [-0.2, -0.15) is 5.26 Å². The second-order valence-corrected chi connectivity index (χ2v) is 6.64. The second kappa shape index (κ2) is 5.89. The van der Waals surface area contributed by atoms with Gasteiger partial charge in [-0.25, -0.2) is 0 Å². The second-order valence-electron chi connectivity index (χ2n) is 6.64. The summed E-state index contributed by atoms with van der Waals surface area (Å²) in [5, 5.41) is 11.2. The summed E-state index contributed by atoms with van der Waals surface area (Å²) in [5.74, 6) is 0. The van der Waals surface area contributed by atoms with Crippen molar-refractivity contribution in [2.45, 2.75) is 27.2 Å². The molecule has 0 amide bonds. The first-order valence-corrected chi connectivity index (χ1v) is 8.71. The zero-order chi connectivity index (χ0) is 18.4. The van der Waals surface area contributed by atoms with Gasteiger partial charge in [0.15, 0.2) is 5.43 Å². The topological polar surface area (TPSA) is 61.6 Å². The van der Waals surface area contributed by atoms with Crippen LogP contribution in [0.2, 0.25) is 0 Å². The number of para-hydroxylation sites is 1. The Labute approximate surface area is 151 Å². The predicted octanol–water partition coefficient (Wildman–Crippen LogP) is 4.52. The molecular formula is C22H19N3O. The molecule has 0 bridgehead atoms. The maximum Gasteiger partial charge on any atom is 0.192 e. The summed E-state index contributed by atoms with van der Waals surface area (Å²) >= 11 is 0. The van der Waals surface area contributed by atoms with Gasteiger partial charge >= 0.3 is 0 Å². The monoisotopic (exact) mass is 341 g/mol. The molecule has 4 aromatic rings. The van der Waals surface area contributed by atoms with Crippen LogP contribution in [0.4, 0.5) is 0 Å². The minimum Gasteiger partial charge on any atom is -0.358 e. The lowest BCUT2D eigenvalue weighted by molar-refractivity contribution is 1.02. The number of benzene rings is 2. The number of rotatable bonds is 2. The molecule has 2 aromatic carbocycles. The minimum absolute atomic E-state index is 0.0637. The van der Waals surface area contributed by atoms with Crippen LogP contribution in [0.5, 0.6) is 0 Å². The van der Waals surface area contributed by atoms with Crippen molar-refractivity contribution in [1.29, 1.82) is 5.26 Å². The molecule has 0 aliphatic carbocycles. The number of hydrogen-bond acceptors (Lipinski definition) is 2. The van der Waals surface area contributed by atoms with E-state index in [0.717, 1.165) is 45.3 Å². The zero-order valence-electron chi connectivity index (χ0n) is 15.1. The lowest BCUT2D eigenvalue weighted by atomic mass is 10.0. The van der Waals surface area contributed by atoms with Crippen LogP contribution in [0.1, 0.15) is 29.3 Å². The summed E-state index contributed by atoms with van der Waals surface area (Å²) in [5.41, 5.74) is 6.13. The van der Waals surface area contributed by atoms with Gasteiger partial charge in [-0.3, -0.25) is 4.79 Å². The van der Waals surface area contributed by atoms with Crippen molar-refractivity contribution in [3.63, 3.8) is 0 Å². The van der Waals surface area contributed by atoms with E-state index in [1.807, 2.05) is 67.9 Å². The molecule has 0 spiro atoms. The maximum atomic E-state index is 12.8. The van der Waals surface area contributed by atoms with Crippen molar-refractivity contribution >= 4 is 21.8 Å². The number of nitriles is 1. The molecule has 26 heavy (non-hydrogen) atoms. The van der Waals surface area contributed by atoms with Crippen LogP contribution in [0.25, 0.3) is 27.5 Å². The molecule has 2 aromatic heterocycles. The highest BCUT2D eigenvalue weighted by atomic mass is 16.1. The molecule has 0 atom stereocenters. The molecule has 1 N–H and O–H groups in total. The minimum atomic E-state index is 0.0637. The fraction of sp³-hybridized carbons (Fsp3) is 0.182. The highest BCUT2D eigenvalue weighted by Gasteiger charge is 2.13. The van der Waals surface area contributed by atoms with Crippen molar-refractivity contribution in [3.8, 4) is 11.8 Å². The van der Waals surface area contributed by atoms with Crippen molar-refractivity contribution in [2.75, 3.05) is 0 Å². The van der Waals surface area contributed by atoms with E-state index in [0.29, 0.717) is 10.9 Å². The summed E-state index contributed by atoms with van der Waals surface area (Å²) in [6.07, 6.45) is 2.76. The summed E-state index contributed by atoms with van der Waals surface area (Å²) in [7, 11) is 0. The predicted molar refractivity (Wildman–Crippen MR) is 105 cm³/mol. The quantitative estimate of drug-likeness (QED) is 0.582. The Kier molecular flexibility index (Phi) is 3.66. The third-order valence-electron chi connectivity index (χ3n) is 5.10. The van der Waals surface area contributed by atoms with Crippen molar-refractivity contribution in [2.24, 2.45) is 0 Å². The fourth-order valence-corrected chi connectivity index (χ4v) is 3.68. The van der Waals surface area contributed by atoms with E-state index in [4.69, 9.17) is 0 Å². The molecule has 0 unspecified atom stereocenters. The van der Waals surface area contributed by atoms with Gasteiger partial charge in [0.25, 0.3) is 0 Å². The van der Waals surface area contributed by atoms with Gasteiger partial charge in [-0.05, 0) is 50.1 Å². The van der Waals surface area contributed by atoms with Crippen LogP contribution in [-0.2, 0) is 6.42 Å². The Balaban J connectivity index is 2.08. The van der Waals surface area contributed by atoms with Gasteiger partial charge in [-0.15, -0.1) is 0 Å². The smallest absolute Gasteiger partial charge is 0.192 e. The molecule has 0 fully saturated rings. The Morgan fingerprint density at radius 2 is 2.00 bits per heavy atom. The largest absolute Gasteiger partial charge is 0.358 e. The van der Waals surface area contributed by atoms with Gasteiger partial charge in [-0.1, -0.05) is 19.1 Å². The Bertz CT molecular complexity index is 1270. The standard InChI is InChI=1S/C22H19N3O/c1-4-18-14(3)22(26)17-11-20(13(2)10-19(17)24-18)25-9-8-15-6-5-7-16(12-23)21(15)25/h5-11H,4H2,1-3H3,(H,24,26). The average Bonchev–Trinajstić information content (AvgIpc) is 3.08. The number of nitrogens with one attached hydrogen (secondary N) is 1. The van der Waals surface area contributed by atoms with E-state index >= 15 is 0 Å². The fourth-order valence-electron chi connectivity index (χ4n) is 3.68. The van der Waals surface area contributed by atoms with Gasteiger partial charge in [0, 0.05) is 39.4 Å². The zero-order valence-corrected chi connectivity index (χ0v) is 15.1. The van der Waals surface area contributed by atoms with E-state index in [1.54, 1.807) is 0 Å². The van der Waals surface area contributed by atoms with Crippen LogP contribution >= 0.6 is 0 Å². The van der Waals surface area contributed by atoms with E-state index in [1.165, 1.54) is 0 Å². The molecule has 0 aliphatic heterocycles. The molecule has 4 heteroatoms. The van der Waals surface area contributed by atoms with E-state index in [9.17, 15) is 10.1 Å². The Morgan fingerprint density at radius 1 is 1.19 bits per heavy atom. The summed E-state index contributed by atoms with van der Waals surface area (Å²) in [4.78, 5) is 16.2. The summed E-state index contributed by atoms with van der Waals surface area (Å²) in [6, 6.07) is 13.9. The first-order valence-electron chi connectivity index (χ1n) is 8.71. The third kappa shape index (κ3) is 2.25. The highest BCUT2D eigenvalue weighted by molar-refractivity contribution is 5.89. The lowest BCUT2D eigenvalue weighted by Gasteiger charge is -2.13. The van der Waals surface area contributed by atoms with E-state index in [2.05, 4.69) is 11.1 Å². The number of nitrogens with zero attached hydrogens (tertiary/aromatic N) is 2. The maximum absolute atomic E-state index is 12.8. The van der Waals surface area contributed by atoms with Crippen LogP contribution in [0.15, 0.2) is 47.4 Å². The summed E-state index contributed by atoms with van der Waals surface area (Å²) in [6.45, 7) is 5.94. The molecule has 0 aliphatic rings. The lowest BCUT2D eigenvalue weighted by Crippen LogP contribution is -2.12. The van der Waals surface area contributed by atoms with Gasteiger partial charge < -0.3 is 9.55 Å². The van der Waals surface area contributed by atoms with Gasteiger partial charge in [0.2, 0.25) is 0 Å². The highest BCUT2D eigenvalue weighted by Crippen LogP contribution is 2.27. The molecule has 4 rings (SSSR count). The Hall–Kier alpha value is -3.32. The SMILES string of the molecule is CCc1[nH]c2cc(C)c(-n3ccc4cccc(C#N)c43)cc2c(=O)c1C. The van der Waals surface area contributed by atoms with Crippen LogP contribution in [-0.4, -0.2) is 9.55 Å². The normalized spacial score (nSPS) is 11.2. The molecule has 2 heterocycles. The van der Waals surface area contributed by atoms with Crippen molar-refractivity contribution in [3.05, 3.63) is 75.2 Å². The molecule has 0 radical (unpaired) electrons. The summed E-state index contributed by atoms with van der Waals surface area (Å²) < 4.78 is 2.01. The van der Waals surface area contributed by atoms with Crippen molar-refractivity contribution < 1.29 is 0 Å². The molecule has 0 saturated carbocycles. The third-order valence-corrected chi connectivity index (χ3v) is 5.10. The first kappa shape index (κ1) is 16.2. The molecular weight excluding hydrogens is 322 g/mol. The molecule has 4 nitrogen and oxygen atoms in total. The van der Waals surface area contributed by atoms with Crippen molar-refractivity contribution in [1.82, 2.24) is 9.55 Å². The molecule has 128 valence electrons. The number of pyridine rings is 1. The first-order chi connectivity index (χ1) is 12.5. The van der Waals surface area contributed by atoms with E-state index < -0.39 is 0 Å². The van der Waals surface area contributed by atoms with Gasteiger partial charge in [0.1, 0.15) is 6.07 Å². The van der Waals surface area contributed by atoms with Crippen LogP contribution in [0, 0.1) is 25.2 Å². The van der Waals surface area contributed by atoms with Crippen LogP contribution in [0.3, 0.4) is 0 Å². The number of aromatic amines is 1. The Morgan fingerprint density at radius 3 is 2.73 bits per heavy atom. The average molecular weight is 341 g/mol. The number of fused-ring (bicyclic) bond motifs is 2. The molecule has 0 saturated heterocycles.